The molecule has 0 radical (unpaired) electrons. The molecule has 3 heteroatoms. The van der Waals surface area contributed by atoms with Gasteiger partial charge in [0.15, 0.2) is 0 Å². The Hall–Kier alpha value is -1.18. The SMILES string of the molecule is C=C(NC(C)c1ccc(Cl)cc1Cl)/C(=C\C=C(C)C)C1CC1. The summed E-state index contributed by atoms with van der Waals surface area (Å²) in [6.07, 6.45) is 6.84. The Morgan fingerprint density at radius 1 is 1.27 bits per heavy atom. The third kappa shape index (κ3) is 4.66. The van der Waals surface area contributed by atoms with Crippen LogP contribution in [0.25, 0.3) is 0 Å². The summed E-state index contributed by atoms with van der Waals surface area (Å²) in [6.45, 7) is 10.5. The molecule has 0 aromatic heterocycles. The van der Waals surface area contributed by atoms with Gasteiger partial charge in [0.1, 0.15) is 0 Å². The van der Waals surface area contributed by atoms with Gasteiger partial charge >= 0.3 is 0 Å². The quantitative estimate of drug-likeness (QED) is 0.588. The third-order valence-electron chi connectivity index (χ3n) is 3.78. The Morgan fingerprint density at radius 2 is 1.95 bits per heavy atom. The van der Waals surface area contributed by atoms with Crippen LogP contribution in [-0.4, -0.2) is 0 Å². The maximum atomic E-state index is 6.29. The van der Waals surface area contributed by atoms with E-state index in [1.165, 1.54) is 24.0 Å². The molecule has 1 aromatic carbocycles. The second-order valence-electron chi connectivity index (χ2n) is 6.15. The molecule has 0 spiro atoms. The van der Waals surface area contributed by atoms with Gasteiger partial charge in [0.25, 0.3) is 0 Å². The molecule has 0 saturated heterocycles. The largest absolute Gasteiger partial charge is 0.379 e. The second-order valence-corrected chi connectivity index (χ2v) is 6.99. The summed E-state index contributed by atoms with van der Waals surface area (Å²) < 4.78 is 0. The van der Waals surface area contributed by atoms with Gasteiger partial charge in [-0.15, -0.1) is 0 Å². The van der Waals surface area contributed by atoms with Crippen molar-refractivity contribution in [2.45, 2.75) is 39.7 Å². The molecular weight excluding hydrogens is 313 g/mol. The van der Waals surface area contributed by atoms with E-state index in [0.717, 1.165) is 11.3 Å². The minimum Gasteiger partial charge on any atom is -0.379 e. The summed E-state index contributed by atoms with van der Waals surface area (Å²) >= 11 is 12.2. The van der Waals surface area contributed by atoms with Crippen LogP contribution in [0, 0.1) is 5.92 Å². The van der Waals surface area contributed by atoms with E-state index in [2.05, 4.69) is 44.8 Å². The summed E-state index contributed by atoms with van der Waals surface area (Å²) in [5, 5.41) is 4.82. The molecule has 1 atom stereocenters. The van der Waals surface area contributed by atoms with Crippen molar-refractivity contribution in [1.29, 1.82) is 0 Å². The number of halogens is 2. The van der Waals surface area contributed by atoms with Crippen molar-refractivity contribution in [2.24, 2.45) is 5.92 Å². The molecule has 22 heavy (non-hydrogen) atoms. The molecule has 1 aliphatic carbocycles. The number of hydrogen-bond donors (Lipinski definition) is 1. The third-order valence-corrected chi connectivity index (χ3v) is 4.34. The van der Waals surface area contributed by atoms with Crippen LogP contribution in [0.1, 0.15) is 45.2 Å². The molecule has 1 aliphatic rings. The van der Waals surface area contributed by atoms with E-state index in [0.29, 0.717) is 16.0 Å². The molecule has 118 valence electrons. The number of nitrogens with one attached hydrogen (secondary N) is 1. The van der Waals surface area contributed by atoms with Crippen LogP contribution >= 0.6 is 23.2 Å². The topological polar surface area (TPSA) is 12.0 Å². The molecule has 1 saturated carbocycles. The van der Waals surface area contributed by atoms with Crippen molar-refractivity contribution in [3.63, 3.8) is 0 Å². The lowest BCUT2D eigenvalue weighted by atomic mass is 10.0. The second kappa shape index (κ2) is 7.39. The smallest absolute Gasteiger partial charge is 0.0500 e. The minimum absolute atomic E-state index is 0.0890. The number of allylic oxidation sites excluding steroid dienone is 4. The van der Waals surface area contributed by atoms with Gasteiger partial charge in [-0.2, -0.15) is 0 Å². The van der Waals surface area contributed by atoms with Crippen molar-refractivity contribution in [1.82, 2.24) is 5.32 Å². The van der Waals surface area contributed by atoms with E-state index in [-0.39, 0.29) is 6.04 Å². The Morgan fingerprint density at radius 3 is 2.50 bits per heavy atom. The first-order valence-electron chi connectivity index (χ1n) is 7.64. The predicted molar refractivity (Wildman–Crippen MR) is 97.4 cm³/mol. The van der Waals surface area contributed by atoms with E-state index >= 15 is 0 Å². The van der Waals surface area contributed by atoms with Crippen molar-refractivity contribution in [2.75, 3.05) is 0 Å². The summed E-state index contributed by atoms with van der Waals surface area (Å²) in [6, 6.07) is 5.70. The first-order chi connectivity index (χ1) is 10.4. The molecule has 0 amide bonds. The zero-order chi connectivity index (χ0) is 16.3. The highest BCUT2D eigenvalue weighted by atomic mass is 35.5. The number of hydrogen-bond acceptors (Lipinski definition) is 1. The Balaban J connectivity index is 2.12. The highest BCUT2D eigenvalue weighted by Gasteiger charge is 2.27. The lowest BCUT2D eigenvalue weighted by molar-refractivity contribution is 0.653. The Kier molecular flexibility index (Phi) is 5.77. The van der Waals surface area contributed by atoms with Crippen molar-refractivity contribution < 1.29 is 0 Å². The zero-order valence-electron chi connectivity index (χ0n) is 13.4. The fourth-order valence-electron chi connectivity index (χ4n) is 2.41. The van der Waals surface area contributed by atoms with Gasteiger partial charge in [-0.25, -0.2) is 0 Å². The van der Waals surface area contributed by atoms with E-state index < -0.39 is 0 Å². The standard InChI is InChI=1S/C19H23Cl2N/c1-12(2)5-9-17(15-6-7-15)13(3)22-14(4)18-10-8-16(20)11-19(18)21/h5,8-11,14-15,22H,3,6-7H2,1-2,4H3/b17-9+. The van der Waals surface area contributed by atoms with Gasteiger partial charge in [-0.3, -0.25) is 0 Å². The van der Waals surface area contributed by atoms with Crippen molar-refractivity contribution in [3.8, 4) is 0 Å². The zero-order valence-corrected chi connectivity index (χ0v) is 14.9. The first-order valence-corrected chi connectivity index (χ1v) is 8.40. The molecule has 1 nitrogen and oxygen atoms in total. The molecule has 2 rings (SSSR count). The molecule has 1 aromatic rings. The lowest BCUT2D eigenvalue weighted by Crippen LogP contribution is -2.19. The Labute approximate surface area is 143 Å². The summed E-state index contributed by atoms with van der Waals surface area (Å²) in [5.74, 6) is 0.642. The van der Waals surface area contributed by atoms with Crippen LogP contribution in [0.3, 0.4) is 0 Å². The summed E-state index contributed by atoms with van der Waals surface area (Å²) in [5.41, 5.74) is 4.61. The van der Waals surface area contributed by atoms with E-state index in [4.69, 9.17) is 23.2 Å². The molecule has 1 fully saturated rings. The fourth-order valence-corrected chi connectivity index (χ4v) is 2.98. The molecular formula is C19H23Cl2N. The van der Waals surface area contributed by atoms with Crippen LogP contribution in [-0.2, 0) is 0 Å². The monoisotopic (exact) mass is 335 g/mol. The Bertz CT molecular complexity index is 620. The van der Waals surface area contributed by atoms with E-state index in [1.807, 2.05) is 12.1 Å². The van der Waals surface area contributed by atoms with Crippen LogP contribution in [0.4, 0.5) is 0 Å². The van der Waals surface area contributed by atoms with Crippen LogP contribution in [0.5, 0.6) is 0 Å². The summed E-state index contributed by atoms with van der Waals surface area (Å²) in [4.78, 5) is 0. The highest BCUT2D eigenvalue weighted by Crippen LogP contribution is 2.39. The maximum absolute atomic E-state index is 6.29. The van der Waals surface area contributed by atoms with Gasteiger partial charge in [0.05, 0.1) is 0 Å². The van der Waals surface area contributed by atoms with Gasteiger partial charge in [0.2, 0.25) is 0 Å². The minimum atomic E-state index is 0.0890. The molecule has 0 bridgehead atoms. The van der Waals surface area contributed by atoms with E-state index in [9.17, 15) is 0 Å². The van der Waals surface area contributed by atoms with Crippen LogP contribution < -0.4 is 5.32 Å². The van der Waals surface area contributed by atoms with Gasteiger partial charge in [-0.1, -0.05) is 53.6 Å². The maximum Gasteiger partial charge on any atom is 0.0500 e. The highest BCUT2D eigenvalue weighted by molar-refractivity contribution is 6.35. The molecule has 0 heterocycles. The van der Waals surface area contributed by atoms with Crippen molar-refractivity contribution in [3.05, 3.63) is 69.4 Å². The van der Waals surface area contributed by atoms with Gasteiger partial charge < -0.3 is 5.32 Å². The summed E-state index contributed by atoms with van der Waals surface area (Å²) in [7, 11) is 0. The lowest BCUT2D eigenvalue weighted by Gasteiger charge is -2.20. The first kappa shape index (κ1) is 17.2. The number of rotatable bonds is 6. The molecule has 1 N–H and O–H groups in total. The number of benzene rings is 1. The average molecular weight is 336 g/mol. The average Bonchev–Trinajstić information content (AvgIpc) is 3.22. The van der Waals surface area contributed by atoms with Crippen LogP contribution in [0.2, 0.25) is 10.0 Å². The van der Waals surface area contributed by atoms with Gasteiger partial charge in [0, 0.05) is 21.8 Å². The fraction of sp³-hybridized carbons (Fsp3) is 0.368. The predicted octanol–water partition coefficient (Wildman–Crippen LogP) is 6.46. The van der Waals surface area contributed by atoms with Gasteiger partial charge in [-0.05, 0) is 62.8 Å². The molecule has 0 aliphatic heterocycles. The van der Waals surface area contributed by atoms with Crippen LogP contribution in [0.15, 0.2) is 53.8 Å². The van der Waals surface area contributed by atoms with E-state index in [1.54, 1.807) is 6.07 Å². The van der Waals surface area contributed by atoms with Crippen molar-refractivity contribution >= 4 is 23.2 Å². The molecule has 1 unspecified atom stereocenters. The normalized spacial score (nSPS) is 16.1.